The summed E-state index contributed by atoms with van der Waals surface area (Å²) in [5.41, 5.74) is 9.63. The van der Waals surface area contributed by atoms with E-state index >= 15 is 0 Å². The highest BCUT2D eigenvalue weighted by atomic mass is 32.1. The lowest BCUT2D eigenvalue weighted by atomic mass is 10.0. The van der Waals surface area contributed by atoms with E-state index in [4.69, 9.17) is 10.7 Å². The van der Waals surface area contributed by atoms with Crippen molar-refractivity contribution in [2.75, 3.05) is 11.4 Å². The Bertz CT molecular complexity index is 633. The van der Waals surface area contributed by atoms with Crippen LogP contribution in [0.3, 0.4) is 0 Å². The summed E-state index contributed by atoms with van der Waals surface area (Å²) in [5.74, 6) is 1.50. The van der Waals surface area contributed by atoms with Gasteiger partial charge in [0.15, 0.2) is 0 Å². The molecule has 2 N–H and O–H groups in total. The number of anilines is 1. The van der Waals surface area contributed by atoms with Crippen LogP contribution in [0.2, 0.25) is 0 Å². The Morgan fingerprint density at radius 3 is 2.95 bits per heavy atom. The average Bonchev–Trinajstić information content (AvgIpc) is 2.96. The molecule has 2 aromatic rings. The van der Waals surface area contributed by atoms with Gasteiger partial charge in [0.2, 0.25) is 0 Å². The predicted octanol–water partition coefficient (Wildman–Crippen LogP) is 3.85. The van der Waals surface area contributed by atoms with Crippen molar-refractivity contribution in [3.8, 4) is 0 Å². The van der Waals surface area contributed by atoms with Gasteiger partial charge in [-0.05, 0) is 54.0 Å². The van der Waals surface area contributed by atoms with Crippen molar-refractivity contribution >= 4 is 17.2 Å². The maximum Gasteiger partial charge on any atom is 0.129 e. The third-order valence-electron chi connectivity index (χ3n) is 4.29. The van der Waals surface area contributed by atoms with Gasteiger partial charge in [-0.1, -0.05) is 13.8 Å². The molecule has 3 nitrogen and oxygen atoms in total. The van der Waals surface area contributed by atoms with Gasteiger partial charge in [-0.15, -0.1) is 11.3 Å². The van der Waals surface area contributed by atoms with Crippen molar-refractivity contribution in [2.24, 2.45) is 5.73 Å². The van der Waals surface area contributed by atoms with Crippen LogP contribution in [0.25, 0.3) is 0 Å². The number of fused-ring (bicyclic) bond motifs is 1. The molecule has 3 heterocycles. The van der Waals surface area contributed by atoms with Gasteiger partial charge in [0.25, 0.3) is 0 Å². The lowest BCUT2D eigenvalue weighted by molar-refractivity contribution is 0.621. The molecule has 0 bridgehead atoms. The summed E-state index contributed by atoms with van der Waals surface area (Å²) in [4.78, 5) is 8.83. The molecule has 1 aliphatic heterocycles. The molecule has 4 heteroatoms. The van der Waals surface area contributed by atoms with Crippen molar-refractivity contribution in [3.63, 3.8) is 0 Å². The lowest BCUT2D eigenvalue weighted by Gasteiger charge is -2.35. The van der Waals surface area contributed by atoms with Gasteiger partial charge in [0, 0.05) is 23.7 Å². The Labute approximate surface area is 130 Å². The van der Waals surface area contributed by atoms with Crippen molar-refractivity contribution < 1.29 is 0 Å². The Balaban J connectivity index is 1.99. The summed E-state index contributed by atoms with van der Waals surface area (Å²) < 4.78 is 0. The zero-order chi connectivity index (χ0) is 15.0. The number of hydrogen-bond donors (Lipinski definition) is 1. The second kappa shape index (κ2) is 5.78. The van der Waals surface area contributed by atoms with Crippen LogP contribution in [0, 0.1) is 0 Å². The van der Waals surface area contributed by atoms with Crippen molar-refractivity contribution in [2.45, 2.75) is 45.7 Å². The molecule has 0 aliphatic carbocycles. The van der Waals surface area contributed by atoms with E-state index < -0.39 is 0 Å². The fourth-order valence-electron chi connectivity index (χ4n) is 2.98. The molecule has 0 radical (unpaired) electrons. The minimum absolute atomic E-state index is 0.389. The minimum Gasteiger partial charge on any atom is -0.349 e. The molecule has 0 spiro atoms. The lowest BCUT2D eigenvalue weighted by Crippen LogP contribution is -2.34. The van der Waals surface area contributed by atoms with Crippen LogP contribution in [0.15, 0.2) is 23.6 Å². The number of aromatic nitrogens is 1. The Hall–Kier alpha value is -1.39. The second-order valence-corrected chi connectivity index (χ2v) is 7.04. The van der Waals surface area contributed by atoms with Crippen molar-refractivity contribution in [1.29, 1.82) is 0 Å². The minimum atomic E-state index is 0.389. The summed E-state index contributed by atoms with van der Waals surface area (Å²) in [6, 6.07) is 6.94. The van der Waals surface area contributed by atoms with E-state index in [9.17, 15) is 0 Å². The first-order valence-electron chi connectivity index (χ1n) is 7.64. The van der Waals surface area contributed by atoms with E-state index in [0.717, 1.165) is 24.5 Å². The zero-order valence-electron chi connectivity index (χ0n) is 13.0. The summed E-state index contributed by atoms with van der Waals surface area (Å²) in [5, 5.41) is 2.20. The predicted molar refractivity (Wildman–Crippen MR) is 90.0 cm³/mol. The van der Waals surface area contributed by atoms with Gasteiger partial charge in [0.1, 0.15) is 5.82 Å². The fraction of sp³-hybridized carbons (Fsp3) is 0.471. The van der Waals surface area contributed by atoms with Crippen LogP contribution >= 0.6 is 11.3 Å². The molecule has 0 fully saturated rings. The summed E-state index contributed by atoms with van der Waals surface area (Å²) in [6.07, 6.45) is 1.11. The third-order valence-corrected chi connectivity index (χ3v) is 5.29. The van der Waals surface area contributed by atoms with Crippen LogP contribution < -0.4 is 10.6 Å². The molecule has 21 heavy (non-hydrogen) atoms. The highest BCUT2D eigenvalue weighted by Crippen LogP contribution is 2.36. The zero-order valence-corrected chi connectivity index (χ0v) is 13.8. The monoisotopic (exact) mass is 301 g/mol. The molecule has 0 aromatic carbocycles. The highest BCUT2D eigenvalue weighted by Gasteiger charge is 2.26. The number of pyridine rings is 1. The van der Waals surface area contributed by atoms with E-state index in [1.165, 1.54) is 16.0 Å². The molecular weight excluding hydrogens is 278 g/mol. The smallest absolute Gasteiger partial charge is 0.129 e. The van der Waals surface area contributed by atoms with E-state index in [0.29, 0.717) is 18.5 Å². The molecule has 1 aliphatic rings. The maximum absolute atomic E-state index is 5.87. The number of nitrogens with two attached hydrogens (primary N) is 1. The second-order valence-electron chi connectivity index (χ2n) is 6.04. The normalized spacial score (nSPS) is 18.1. The number of nitrogens with zero attached hydrogens (tertiary/aromatic N) is 2. The van der Waals surface area contributed by atoms with Gasteiger partial charge in [-0.25, -0.2) is 4.98 Å². The van der Waals surface area contributed by atoms with Gasteiger partial charge in [-0.3, -0.25) is 0 Å². The maximum atomic E-state index is 5.87. The molecular formula is C17H23N3S. The van der Waals surface area contributed by atoms with Gasteiger partial charge in [0.05, 0.1) is 6.04 Å². The van der Waals surface area contributed by atoms with E-state index in [1.807, 2.05) is 11.3 Å². The molecule has 112 valence electrons. The quantitative estimate of drug-likeness (QED) is 0.936. The van der Waals surface area contributed by atoms with Gasteiger partial charge in [-0.2, -0.15) is 0 Å². The van der Waals surface area contributed by atoms with Crippen LogP contribution in [0.4, 0.5) is 5.82 Å². The topological polar surface area (TPSA) is 42.1 Å². The average molecular weight is 301 g/mol. The third kappa shape index (κ3) is 2.70. The Morgan fingerprint density at radius 1 is 1.43 bits per heavy atom. The Morgan fingerprint density at radius 2 is 2.24 bits per heavy atom. The first-order valence-corrected chi connectivity index (χ1v) is 8.52. The van der Waals surface area contributed by atoms with Gasteiger partial charge >= 0.3 is 0 Å². The van der Waals surface area contributed by atoms with Gasteiger partial charge < -0.3 is 10.6 Å². The van der Waals surface area contributed by atoms with Crippen LogP contribution in [-0.4, -0.2) is 11.5 Å². The molecule has 3 rings (SSSR count). The van der Waals surface area contributed by atoms with E-state index in [1.54, 1.807) is 0 Å². The molecule has 0 saturated carbocycles. The van der Waals surface area contributed by atoms with Crippen molar-refractivity contribution in [3.05, 3.63) is 45.3 Å². The van der Waals surface area contributed by atoms with Crippen molar-refractivity contribution in [1.82, 2.24) is 4.98 Å². The van der Waals surface area contributed by atoms with Crippen LogP contribution in [0.1, 0.15) is 54.4 Å². The first kappa shape index (κ1) is 14.5. The molecule has 0 saturated heterocycles. The fourth-order valence-corrected chi connectivity index (χ4v) is 3.94. The molecule has 0 amide bonds. The summed E-state index contributed by atoms with van der Waals surface area (Å²) in [7, 11) is 0. The Kier molecular flexibility index (Phi) is 4.00. The van der Waals surface area contributed by atoms with Crippen LogP contribution in [-0.2, 0) is 13.0 Å². The summed E-state index contributed by atoms with van der Waals surface area (Å²) in [6.45, 7) is 8.25. The van der Waals surface area contributed by atoms with E-state index in [-0.39, 0.29) is 0 Å². The van der Waals surface area contributed by atoms with Crippen LogP contribution in [0.5, 0.6) is 0 Å². The number of hydrogen-bond acceptors (Lipinski definition) is 4. The number of rotatable bonds is 3. The highest BCUT2D eigenvalue weighted by molar-refractivity contribution is 7.10. The van der Waals surface area contributed by atoms with E-state index in [2.05, 4.69) is 49.3 Å². The standard InChI is InChI=1S/C17H23N3S/c1-11(2)15-8-13(10-18)9-17(19-15)20-6-4-16-14(12(20)3)5-7-21-16/h5,7-9,11-12H,4,6,10,18H2,1-3H3. The number of thiophene rings is 1. The molecule has 1 unspecified atom stereocenters. The summed E-state index contributed by atoms with van der Waals surface area (Å²) >= 11 is 1.87. The largest absolute Gasteiger partial charge is 0.349 e. The molecule has 1 atom stereocenters. The first-order chi connectivity index (χ1) is 10.1. The SMILES string of the molecule is CC(C)c1cc(CN)cc(N2CCc3sccc3C2C)n1. The molecule has 2 aromatic heterocycles.